The number of thioether (sulfide) groups is 4. The maximum atomic E-state index is 3.21. The molecule has 0 N–H and O–H groups in total. The van der Waals surface area contributed by atoms with Gasteiger partial charge in [-0.25, -0.2) is 0 Å². The third-order valence-corrected chi connectivity index (χ3v) is 8.91. The molecule has 0 saturated heterocycles. The minimum atomic E-state index is -1.34. The SMILES string of the molecule is CSC1=C(SC)SC(=Cc2ccc(C#CC#CC#C[Si](C)(C)C)cc2)S1. The summed E-state index contributed by atoms with van der Waals surface area (Å²) in [6.07, 6.45) is 6.50. The van der Waals surface area contributed by atoms with Gasteiger partial charge in [0.1, 0.15) is 8.07 Å². The molecule has 132 valence electrons. The van der Waals surface area contributed by atoms with Crippen LogP contribution >= 0.6 is 47.0 Å². The van der Waals surface area contributed by atoms with E-state index in [2.05, 4.69) is 85.5 Å². The Morgan fingerprint density at radius 3 is 1.96 bits per heavy atom. The summed E-state index contributed by atoms with van der Waals surface area (Å²) in [7, 11) is -1.34. The van der Waals surface area contributed by atoms with E-state index in [9.17, 15) is 0 Å². The van der Waals surface area contributed by atoms with E-state index in [0.717, 1.165) is 5.56 Å². The Kier molecular flexibility index (Phi) is 8.49. The molecular weight excluding hydrogens is 409 g/mol. The Balaban J connectivity index is 2.00. The summed E-state index contributed by atoms with van der Waals surface area (Å²) in [4.78, 5) is 0. The van der Waals surface area contributed by atoms with Crippen molar-refractivity contribution in [3.63, 3.8) is 0 Å². The van der Waals surface area contributed by atoms with Gasteiger partial charge in [-0.3, -0.25) is 0 Å². The number of hydrogen-bond donors (Lipinski definition) is 0. The highest BCUT2D eigenvalue weighted by atomic mass is 32.3. The van der Waals surface area contributed by atoms with Crippen molar-refractivity contribution in [1.82, 2.24) is 0 Å². The van der Waals surface area contributed by atoms with E-state index in [1.54, 1.807) is 0 Å². The van der Waals surface area contributed by atoms with Crippen LogP contribution in [0, 0.1) is 35.1 Å². The summed E-state index contributed by atoms with van der Waals surface area (Å²) in [5, 5.41) is 0. The molecule has 0 amide bonds. The minimum Gasteiger partial charge on any atom is -0.121 e. The largest absolute Gasteiger partial charge is 0.130 e. The predicted octanol–water partition coefficient (Wildman–Crippen LogP) is 6.55. The van der Waals surface area contributed by atoms with Gasteiger partial charge in [-0.05, 0) is 60.0 Å². The predicted molar refractivity (Wildman–Crippen MR) is 129 cm³/mol. The summed E-state index contributed by atoms with van der Waals surface area (Å²) < 4.78 is 4.11. The van der Waals surface area contributed by atoms with Gasteiger partial charge in [0.2, 0.25) is 0 Å². The molecule has 0 nitrogen and oxygen atoms in total. The smallest absolute Gasteiger partial charge is 0.121 e. The lowest BCUT2D eigenvalue weighted by Gasteiger charge is -2.01. The second kappa shape index (κ2) is 10.4. The van der Waals surface area contributed by atoms with Gasteiger partial charge in [-0.2, -0.15) is 0 Å². The fourth-order valence-electron chi connectivity index (χ4n) is 1.78. The maximum Gasteiger partial charge on any atom is 0.130 e. The fraction of sp³-hybridized carbons (Fsp3) is 0.238. The van der Waals surface area contributed by atoms with Crippen molar-refractivity contribution in [1.29, 1.82) is 0 Å². The van der Waals surface area contributed by atoms with Crippen LogP contribution in [-0.4, -0.2) is 20.6 Å². The Morgan fingerprint density at radius 2 is 1.42 bits per heavy atom. The van der Waals surface area contributed by atoms with Crippen LogP contribution in [0.25, 0.3) is 6.08 Å². The highest BCUT2D eigenvalue weighted by Gasteiger charge is 2.19. The summed E-state index contributed by atoms with van der Waals surface area (Å²) in [5.41, 5.74) is 5.37. The van der Waals surface area contributed by atoms with Crippen molar-refractivity contribution >= 4 is 61.2 Å². The van der Waals surface area contributed by atoms with E-state index < -0.39 is 8.07 Å². The highest BCUT2D eigenvalue weighted by Crippen LogP contribution is 2.56. The molecule has 5 heteroatoms. The van der Waals surface area contributed by atoms with Gasteiger partial charge in [0.05, 0.1) is 12.7 Å². The van der Waals surface area contributed by atoms with E-state index in [4.69, 9.17) is 0 Å². The Hall–Kier alpha value is -1.00. The van der Waals surface area contributed by atoms with Gasteiger partial charge < -0.3 is 0 Å². The van der Waals surface area contributed by atoms with Crippen molar-refractivity contribution in [2.45, 2.75) is 19.6 Å². The lowest BCUT2D eigenvalue weighted by atomic mass is 10.1. The first-order chi connectivity index (χ1) is 12.4. The molecule has 1 aromatic rings. The van der Waals surface area contributed by atoms with Crippen LogP contribution in [-0.2, 0) is 0 Å². The van der Waals surface area contributed by atoms with E-state index in [0.29, 0.717) is 0 Å². The molecule has 1 aromatic carbocycles. The molecule has 0 atom stereocenters. The molecule has 0 radical (unpaired) electrons. The molecule has 1 aliphatic heterocycles. The molecule has 0 spiro atoms. The third kappa shape index (κ3) is 7.32. The molecule has 1 aliphatic rings. The first kappa shape index (κ1) is 21.3. The van der Waals surface area contributed by atoms with Gasteiger partial charge in [0.25, 0.3) is 0 Å². The minimum absolute atomic E-state index is 0.971. The van der Waals surface area contributed by atoms with Crippen molar-refractivity contribution in [3.05, 3.63) is 48.1 Å². The molecular formula is C21H20S4Si. The maximum absolute atomic E-state index is 3.21. The molecule has 0 saturated carbocycles. The molecule has 2 rings (SSSR count). The van der Waals surface area contributed by atoms with Crippen LogP contribution in [0.2, 0.25) is 19.6 Å². The molecule has 1 heterocycles. The summed E-state index contributed by atoms with van der Waals surface area (Å²) in [6.45, 7) is 6.60. The van der Waals surface area contributed by atoms with Crippen molar-refractivity contribution in [2.75, 3.05) is 12.5 Å². The molecule has 0 fully saturated rings. The number of rotatable bonds is 3. The zero-order chi connectivity index (χ0) is 19.0. The van der Waals surface area contributed by atoms with Gasteiger partial charge in [0.15, 0.2) is 0 Å². The molecule has 0 bridgehead atoms. The summed E-state index contributed by atoms with van der Waals surface area (Å²) >= 11 is 7.35. The van der Waals surface area contributed by atoms with Crippen molar-refractivity contribution < 1.29 is 0 Å². The van der Waals surface area contributed by atoms with Gasteiger partial charge >= 0.3 is 0 Å². The van der Waals surface area contributed by atoms with E-state index in [1.807, 2.05) is 59.2 Å². The lowest BCUT2D eigenvalue weighted by Crippen LogP contribution is -2.16. The fourth-order valence-corrected chi connectivity index (χ4v) is 7.16. The zero-order valence-corrected chi connectivity index (χ0v) is 19.8. The molecule has 26 heavy (non-hydrogen) atoms. The average molecular weight is 429 g/mol. The van der Waals surface area contributed by atoms with Crippen LogP contribution in [0.15, 0.2) is 37.0 Å². The van der Waals surface area contributed by atoms with Gasteiger partial charge in [0, 0.05) is 5.56 Å². The second-order valence-corrected chi connectivity index (χ2v) is 15.5. The van der Waals surface area contributed by atoms with Gasteiger partial charge in [-0.1, -0.05) is 61.2 Å². The van der Waals surface area contributed by atoms with Crippen LogP contribution in [0.4, 0.5) is 0 Å². The number of hydrogen-bond acceptors (Lipinski definition) is 4. The van der Waals surface area contributed by atoms with E-state index in [1.165, 1.54) is 18.3 Å². The van der Waals surface area contributed by atoms with Crippen LogP contribution < -0.4 is 0 Å². The monoisotopic (exact) mass is 428 g/mol. The Labute approximate surface area is 175 Å². The van der Waals surface area contributed by atoms with Crippen molar-refractivity contribution in [3.8, 4) is 35.1 Å². The first-order valence-corrected chi connectivity index (χ1v) is 15.5. The van der Waals surface area contributed by atoms with E-state index >= 15 is 0 Å². The summed E-state index contributed by atoms with van der Waals surface area (Å²) in [6, 6.07) is 8.29. The topological polar surface area (TPSA) is 0 Å². The van der Waals surface area contributed by atoms with E-state index in [-0.39, 0.29) is 0 Å². The Bertz CT molecular complexity index is 881. The quantitative estimate of drug-likeness (QED) is 0.395. The molecule has 0 aliphatic carbocycles. The molecule has 0 aromatic heterocycles. The number of benzene rings is 1. The second-order valence-electron chi connectivity index (χ2n) is 6.27. The molecule has 0 unspecified atom stereocenters. The van der Waals surface area contributed by atoms with Crippen LogP contribution in [0.1, 0.15) is 11.1 Å². The standard InChI is InChI=1S/C21H20S4Si/c1-22-20-21(23-2)25-19(24-20)16-18-13-11-17(12-14-18)10-8-6-7-9-15-26(3,4)5/h11-14,16H,1-5H3. The average Bonchev–Trinajstić information content (AvgIpc) is 3.00. The third-order valence-electron chi connectivity index (χ3n) is 2.95. The van der Waals surface area contributed by atoms with Crippen molar-refractivity contribution in [2.24, 2.45) is 0 Å². The van der Waals surface area contributed by atoms with Gasteiger partial charge in [-0.15, -0.1) is 29.1 Å². The van der Waals surface area contributed by atoms with Crippen LogP contribution in [0.3, 0.4) is 0 Å². The normalized spacial score (nSPS) is 13.2. The zero-order valence-electron chi connectivity index (χ0n) is 15.5. The first-order valence-electron chi connectivity index (χ1n) is 7.94. The highest BCUT2D eigenvalue weighted by molar-refractivity contribution is 8.40. The van der Waals surface area contributed by atoms with Crippen LogP contribution in [0.5, 0.6) is 0 Å². The lowest BCUT2D eigenvalue weighted by molar-refractivity contribution is 1.61. The summed E-state index contributed by atoms with van der Waals surface area (Å²) in [5.74, 6) is 14.5. The Morgan fingerprint density at radius 1 is 0.846 bits per heavy atom.